The van der Waals surface area contributed by atoms with Crippen LogP contribution in [0.4, 0.5) is 0 Å². The number of carbonyl (C=O) groups is 1. The van der Waals surface area contributed by atoms with Crippen molar-refractivity contribution in [2.24, 2.45) is 0 Å². The van der Waals surface area contributed by atoms with E-state index in [1.165, 1.54) is 5.56 Å². The van der Waals surface area contributed by atoms with Gasteiger partial charge < -0.3 is 14.6 Å². The van der Waals surface area contributed by atoms with Crippen LogP contribution < -0.4 is 10.1 Å². The summed E-state index contributed by atoms with van der Waals surface area (Å²) < 4.78 is 11.0. The molecule has 0 radical (unpaired) electrons. The molecule has 2 aromatic carbocycles. The quantitative estimate of drug-likeness (QED) is 0.602. The van der Waals surface area contributed by atoms with Gasteiger partial charge in [-0.15, -0.1) is 0 Å². The Hall–Kier alpha value is -3.12. The molecule has 1 aromatic heterocycles. The molecule has 1 amide bonds. The molecule has 0 spiro atoms. The highest BCUT2D eigenvalue weighted by Gasteiger charge is 2.23. The number of nitrogens with one attached hydrogen (secondary N) is 1. The van der Waals surface area contributed by atoms with Crippen LogP contribution in [-0.2, 0) is 24.4 Å². The number of amides is 1. The van der Waals surface area contributed by atoms with Gasteiger partial charge in [-0.25, -0.2) is 0 Å². The molecule has 162 valence electrons. The molecular formula is C25H29N3O3. The molecule has 0 aliphatic carbocycles. The first kappa shape index (κ1) is 21.1. The number of hydrogen-bond donors (Lipinski definition) is 1. The molecule has 1 fully saturated rings. The average molecular weight is 420 g/mol. The van der Waals surface area contributed by atoms with Crippen LogP contribution in [0.25, 0.3) is 0 Å². The largest absolute Gasteiger partial charge is 0.489 e. The molecule has 0 saturated carbocycles. The van der Waals surface area contributed by atoms with Gasteiger partial charge >= 0.3 is 0 Å². The molecule has 3 aromatic rings. The van der Waals surface area contributed by atoms with E-state index in [-0.39, 0.29) is 11.9 Å². The van der Waals surface area contributed by atoms with Crippen LogP contribution in [0.2, 0.25) is 0 Å². The van der Waals surface area contributed by atoms with Gasteiger partial charge in [-0.1, -0.05) is 47.6 Å². The zero-order valence-corrected chi connectivity index (χ0v) is 18.1. The highest BCUT2D eigenvalue weighted by atomic mass is 16.5. The second-order valence-electron chi connectivity index (χ2n) is 8.19. The molecule has 1 saturated heterocycles. The number of ether oxygens (including phenoxy) is 1. The topological polar surface area (TPSA) is 67.6 Å². The molecule has 1 aliphatic rings. The number of aromatic nitrogens is 1. The Morgan fingerprint density at radius 2 is 1.90 bits per heavy atom. The van der Waals surface area contributed by atoms with Gasteiger partial charge in [0.25, 0.3) is 0 Å². The summed E-state index contributed by atoms with van der Waals surface area (Å²) in [6, 6.07) is 18.4. The van der Waals surface area contributed by atoms with E-state index in [4.69, 9.17) is 9.26 Å². The zero-order chi connectivity index (χ0) is 21.6. The fraction of sp³-hybridized carbons (Fsp3) is 0.360. The molecule has 0 bridgehead atoms. The lowest BCUT2D eigenvalue weighted by molar-refractivity contribution is -0.121. The van der Waals surface area contributed by atoms with Crippen LogP contribution in [0.1, 0.15) is 34.6 Å². The lowest BCUT2D eigenvalue weighted by Crippen LogP contribution is -2.37. The van der Waals surface area contributed by atoms with E-state index in [1.807, 2.05) is 44.2 Å². The van der Waals surface area contributed by atoms with Crippen molar-refractivity contribution in [1.29, 1.82) is 0 Å². The number of hydrogen-bond acceptors (Lipinski definition) is 5. The third kappa shape index (κ3) is 5.73. The standard InChI is InChI=1S/C25H29N3O3/c1-18-24(19(2)31-27-18)17-30-23-10-8-20(9-11-23)14-25(29)26-22-12-13-28(16-22)15-21-6-4-3-5-7-21/h3-11,22H,12-17H2,1-2H3,(H,26,29). The second kappa shape index (κ2) is 9.79. The average Bonchev–Trinajstić information content (AvgIpc) is 3.34. The fourth-order valence-electron chi connectivity index (χ4n) is 3.97. The number of rotatable bonds is 8. The Bertz CT molecular complexity index is 979. The zero-order valence-electron chi connectivity index (χ0n) is 18.1. The third-order valence-electron chi connectivity index (χ3n) is 5.74. The number of carbonyl (C=O) groups excluding carboxylic acids is 1. The molecule has 4 rings (SSSR count). The van der Waals surface area contributed by atoms with Gasteiger partial charge in [-0.05, 0) is 43.5 Å². The Kier molecular flexibility index (Phi) is 6.67. The van der Waals surface area contributed by atoms with Gasteiger partial charge in [0.1, 0.15) is 18.1 Å². The predicted molar refractivity (Wildman–Crippen MR) is 119 cm³/mol. The number of benzene rings is 2. The van der Waals surface area contributed by atoms with Gasteiger partial charge in [-0.2, -0.15) is 0 Å². The van der Waals surface area contributed by atoms with E-state index < -0.39 is 0 Å². The Morgan fingerprint density at radius 1 is 1.13 bits per heavy atom. The number of aryl methyl sites for hydroxylation is 2. The molecular weight excluding hydrogens is 390 g/mol. The van der Waals surface area contributed by atoms with Crippen LogP contribution in [0.5, 0.6) is 5.75 Å². The van der Waals surface area contributed by atoms with E-state index in [9.17, 15) is 4.79 Å². The highest BCUT2D eigenvalue weighted by Crippen LogP contribution is 2.18. The van der Waals surface area contributed by atoms with E-state index in [0.29, 0.717) is 13.0 Å². The van der Waals surface area contributed by atoms with Crippen LogP contribution in [0, 0.1) is 13.8 Å². The summed E-state index contributed by atoms with van der Waals surface area (Å²) in [7, 11) is 0. The van der Waals surface area contributed by atoms with E-state index in [1.54, 1.807) is 0 Å². The minimum absolute atomic E-state index is 0.0657. The van der Waals surface area contributed by atoms with Crippen LogP contribution in [-0.4, -0.2) is 35.1 Å². The first-order valence-corrected chi connectivity index (χ1v) is 10.8. The normalized spacial score (nSPS) is 16.4. The van der Waals surface area contributed by atoms with Gasteiger partial charge in [0, 0.05) is 25.7 Å². The van der Waals surface area contributed by atoms with E-state index in [0.717, 1.165) is 54.4 Å². The monoisotopic (exact) mass is 419 g/mol. The van der Waals surface area contributed by atoms with Gasteiger partial charge in [0.05, 0.1) is 17.7 Å². The lowest BCUT2D eigenvalue weighted by atomic mass is 10.1. The van der Waals surface area contributed by atoms with E-state index in [2.05, 4.69) is 39.6 Å². The fourth-order valence-corrected chi connectivity index (χ4v) is 3.97. The van der Waals surface area contributed by atoms with Crippen LogP contribution in [0.15, 0.2) is 59.1 Å². The van der Waals surface area contributed by atoms with Crippen molar-refractivity contribution < 1.29 is 14.1 Å². The minimum Gasteiger partial charge on any atom is -0.489 e. The first-order chi connectivity index (χ1) is 15.1. The van der Waals surface area contributed by atoms with Gasteiger partial charge in [-0.3, -0.25) is 9.69 Å². The van der Waals surface area contributed by atoms with Crippen molar-refractivity contribution in [3.8, 4) is 5.75 Å². The Morgan fingerprint density at radius 3 is 2.61 bits per heavy atom. The molecule has 31 heavy (non-hydrogen) atoms. The van der Waals surface area contributed by atoms with Crippen LogP contribution >= 0.6 is 0 Å². The maximum absolute atomic E-state index is 12.5. The molecule has 1 N–H and O–H groups in total. The number of nitrogens with zero attached hydrogens (tertiary/aromatic N) is 2. The predicted octanol–water partition coefficient (Wildman–Crippen LogP) is 3.80. The summed E-state index contributed by atoms with van der Waals surface area (Å²) in [6.07, 6.45) is 1.37. The van der Waals surface area contributed by atoms with Crippen molar-refractivity contribution >= 4 is 5.91 Å². The summed E-state index contributed by atoms with van der Waals surface area (Å²) in [5, 5.41) is 7.12. The SMILES string of the molecule is Cc1noc(C)c1COc1ccc(CC(=O)NC2CCN(Cc3ccccc3)C2)cc1. The van der Waals surface area contributed by atoms with E-state index >= 15 is 0 Å². The Balaban J connectivity index is 1.22. The molecule has 1 atom stereocenters. The molecule has 6 nitrogen and oxygen atoms in total. The van der Waals surface area contributed by atoms with Crippen molar-refractivity contribution in [1.82, 2.24) is 15.4 Å². The maximum Gasteiger partial charge on any atom is 0.224 e. The highest BCUT2D eigenvalue weighted by molar-refractivity contribution is 5.79. The summed E-state index contributed by atoms with van der Waals surface area (Å²) in [5.41, 5.74) is 4.11. The Labute approximate surface area is 183 Å². The van der Waals surface area contributed by atoms with Crippen molar-refractivity contribution in [2.75, 3.05) is 13.1 Å². The van der Waals surface area contributed by atoms with Gasteiger partial charge in [0.15, 0.2) is 0 Å². The first-order valence-electron chi connectivity index (χ1n) is 10.8. The number of likely N-dealkylation sites (tertiary alicyclic amines) is 1. The maximum atomic E-state index is 12.5. The summed E-state index contributed by atoms with van der Waals surface area (Å²) in [6.45, 7) is 7.05. The van der Waals surface area contributed by atoms with Crippen LogP contribution in [0.3, 0.4) is 0 Å². The molecule has 2 heterocycles. The van der Waals surface area contributed by atoms with Gasteiger partial charge in [0.2, 0.25) is 5.91 Å². The third-order valence-corrected chi connectivity index (χ3v) is 5.74. The second-order valence-corrected chi connectivity index (χ2v) is 8.19. The van der Waals surface area contributed by atoms with Crippen molar-refractivity contribution in [3.05, 3.63) is 82.7 Å². The summed E-state index contributed by atoms with van der Waals surface area (Å²) >= 11 is 0. The molecule has 1 unspecified atom stereocenters. The van der Waals surface area contributed by atoms with Crippen molar-refractivity contribution in [2.45, 2.75) is 45.9 Å². The van der Waals surface area contributed by atoms with Crippen molar-refractivity contribution in [3.63, 3.8) is 0 Å². The molecule has 1 aliphatic heterocycles. The summed E-state index contributed by atoms with van der Waals surface area (Å²) in [5.74, 6) is 1.60. The molecule has 6 heteroatoms. The minimum atomic E-state index is 0.0657. The lowest BCUT2D eigenvalue weighted by Gasteiger charge is -2.17. The smallest absolute Gasteiger partial charge is 0.224 e. The summed E-state index contributed by atoms with van der Waals surface area (Å²) in [4.78, 5) is 14.9.